The van der Waals surface area contributed by atoms with Crippen molar-refractivity contribution in [2.45, 2.75) is 18.8 Å². The summed E-state index contributed by atoms with van der Waals surface area (Å²) in [6.45, 7) is 2.66. The second-order valence-corrected chi connectivity index (χ2v) is 8.67. The number of fused-ring (bicyclic) bond motifs is 1. The van der Waals surface area contributed by atoms with Gasteiger partial charge in [0.25, 0.3) is 0 Å². The molecule has 8 heteroatoms. The summed E-state index contributed by atoms with van der Waals surface area (Å²) in [5.41, 5.74) is 6.46. The number of rotatable bonds is 4. The molecule has 0 aliphatic carbocycles. The van der Waals surface area contributed by atoms with Crippen molar-refractivity contribution in [2.75, 3.05) is 0 Å². The molecule has 0 saturated carbocycles. The van der Waals surface area contributed by atoms with Crippen LogP contribution in [0.15, 0.2) is 73.1 Å². The van der Waals surface area contributed by atoms with Crippen LogP contribution in [-0.2, 0) is 11.9 Å². The molecule has 0 aliphatic rings. The quantitative estimate of drug-likeness (QED) is 0.254. The number of hydrogen-bond acceptors (Lipinski definition) is 3. The Balaban J connectivity index is 0.000000230. The molecule has 0 atom stereocenters. The van der Waals surface area contributed by atoms with Crippen LogP contribution < -0.4 is 0 Å². The third kappa shape index (κ3) is 5.38. The minimum absolute atomic E-state index is 0.539. The maximum Gasteiger partial charge on any atom is 0.113 e. The van der Waals surface area contributed by atoms with Crippen molar-refractivity contribution in [1.29, 1.82) is 0 Å². The van der Waals surface area contributed by atoms with Crippen molar-refractivity contribution in [3.05, 3.63) is 99.8 Å². The molecule has 5 rings (SSSR count). The second kappa shape index (κ2) is 10.3. The molecule has 3 aromatic carbocycles. The maximum absolute atomic E-state index is 6.20. The summed E-state index contributed by atoms with van der Waals surface area (Å²) >= 11 is 15.5. The smallest absolute Gasteiger partial charge is 0.113 e. The molecular weight excluding hydrogens is 509 g/mol. The first kappa shape index (κ1) is 22.5. The predicted octanol–water partition coefficient (Wildman–Crippen LogP) is 7.07. The van der Waals surface area contributed by atoms with Gasteiger partial charge in [-0.25, -0.2) is 4.68 Å². The van der Waals surface area contributed by atoms with Gasteiger partial charge in [-0.1, -0.05) is 80.7 Å². The summed E-state index contributed by atoms with van der Waals surface area (Å²) in [5, 5.41) is 18.6. The van der Waals surface area contributed by atoms with E-state index in [9.17, 15) is 0 Å². The monoisotopic (exact) mass is 527 g/mol. The SMILES string of the molecule is Cc1ccccc1CBr.Clc1ccc(Cn2cc(-c3ccc4[nH]ncc4c3)nn2)c(Cl)c1. The molecule has 0 radical (unpaired) electrons. The van der Waals surface area contributed by atoms with Gasteiger partial charge < -0.3 is 0 Å². The standard InChI is InChI=1S/C16H11Cl2N5.C8H9Br/c17-13-3-1-11(14(18)6-13)8-23-9-16(21-22-23)10-2-4-15-12(5-10)7-19-20-15;1-7-4-2-3-5-8(7)6-9/h1-7,9H,8H2,(H,19,20);2-5H,6H2,1H3. The summed E-state index contributed by atoms with van der Waals surface area (Å²) in [7, 11) is 0. The number of nitrogens with one attached hydrogen (secondary N) is 1. The third-order valence-electron chi connectivity index (χ3n) is 5.03. The Labute approximate surface area is 204 Å². The number of aromatic nitrogens is 5. The molecule has 0 unspecified atom stereocenters. The molecule has 32 heavy (non-hydrogen) atoms. The van der Waals surface area contributed by atoms with E-state index in [1.165, 1.54) is 11.1 Å². The fourth-order valence-electron chi connectivity index (χ4n) is 3.19. The highest BCUT2D eigenvalue weighted by atomic mass is 79.9. The van der Waals surface area contributed by atoms with Crippen LogP contribution in [0, 0.1) is 6.92 Å². The lowest BCUT2D eigenvalue weighted by atomic mass is 10.1. The molecule has 2 aromatic heterocycles. The van der Waals surface area contributed by atoms with Crippen molar-refractivity contribution in [1.82, 2.24) is 25.2 Å². The molecule has 0 aliphatic heterocycles. The highest BCUT2D eigenvalue weighted by Gasteiger charge is 2.08. The average molecular weight is 529 g/mol. The lowest BCUT2D eigenvalue weighted by Crippen LogP contribution is -2.00. The normalized spacial score (nSPS) is 10.8. The summed E-state index contributed by atoms with van der Waals surface area (Å²) in [4.78, 5) is 0. The zero-order chi connectivity index (χ0) is 22.5. The van der Waals surface area contributed by atoms with E-state index in [0.717, 1.165) is 33.1 Å². The molecule has 5 aromatic rings. The zero-order valence-electron chi connectivity index (χ0n) is 17.3. The highest BCUT2D eigenvalue weighted by Crippen LogP contribution is 2.24. The average Bonchev–Trinajstić information content (AvgIpc) is 3.45. The Bertz CT molecular complexity index is 1350. The molecule has 1 N–H and O–H groups in total. The number of aryl methyl sites for hydroxylation is 1. The van der Waals surface area contributed by atoms with Gasteiger partial charge in [-0.2, -0.15) is 5.10 Å². The Morgan fingerprint density at radius 3 is 2.59 bits per heavy atom. The van der Waals surface area contributed by atoms with Gasteiger partial charge in [0.05, 0.1) is 24.5 Å². The van der Waals surface area contributed by atoms with E-state index in [2.05, 4.69) is 67.6 Å². The van der Waals surface area contributed by atoms with E-state index in [-0.39, 0.29) is 0 Å². The van der Waals surface area contributed by atoms with Crippen LogP contribution in [0.5, 0.6) is 0 Å². The van der Waals surface area contributed by atoms with Crippen molar-refractivity contribution in [2.24, 2.45) is 0 Å². The Kier molecular flexibility index (Phi) is 7.25. The number of benzene rings is 3. The topological polar surface area (TPSA) is 59.4 Å². The van der Waals surface area contributed by atoms with Gasteiger partial charge in [0.2, 0.25) is 0 Å². The lowest BCUT2D eigenvalue weighted by Gasteiger charge is -2.04. The first-order chi connectivity index (χ1) is 15.5. The highest BCUT2D eigenvalue weighted by molar-refractivity contribution is 9.08. The number of halogens is 3. The van der Waals surface area contributed by atoms with Crippen LogP contribution in [0.3, 0.4) is 0 Å². The maximum atomic E-state index is 6.20. The van der Waals surface area contributed by atoms with E-state index in [4.69, 9.17) is 23.2 Å². The zero-order valence-corrected chi connectivity index (χ0v) is 20.4. The molecular formula is C24H20BrCl2N5. The van der Waals surface area contributed by atoms with Crippen LogP contribution in [0.4, 0.5) is 0 Å². The molecule has 0 fully saturated rings. The first-order valence-electron chi connectivity index (χ1n) is 9.91. The molecule has 2 heterocycles. The largest absolute Gasteiger partial charge is 0.278 e. The van der Waals surface area contributed by atoms with Gasteiger partial charge in [-0.3, -0.25) is 5.10 Å². The minimum atomic E-state index is 0.539. The Hall–Kier alpha value is -2.67. The fourth-order valence-corrected chi connectivity index (χ4v) is 4.29. The third-order valence-corrected chi connectivity index (χ3v) is 6.22. The van der Waals surface area contributed by atoms with Crippen LogP contribution in [-0.4, -0.2) is 25.2 Å². The summed E-state index contributed by atoms with van der Waals surface area (Å²) in [6, 6.07) is 19.8. The van der Waals surface area contributed by atoms with E-state index in [1.54, 1.807) is 16.9 Å². The van der Waals surface area contributed by atoms with Gasteiger partial charge in [-0.15, -0.1) is 5.10 Å². The fraction of sp³-hybridized carbons (Fsp3) is 0.125. The lowest BCUT2D eigenvalue weighted by molar-refractivity contribution is 0.650. The van der Waals surface area contributed by atoms with Crippen LogP contribution in [0.1, 0.15) is 16.7 Å². The molecule has 0 saturated heterocycles. The summed E-state index contributed by atoms with van der Waals surface area (Å²) < 4.78 is 1.75. The Morgan fingerprint density at radius 1 is 1.00 bits per heavy atom. The van der Waals surface area contributed by atoms with Gasteiger partial charge in [0.15, 0.2) is 0 Å². The summed E-state index contributed by atoms with van der Waals surface area (Å²) in [6.07, 6.45) is 3.68. The van der Waals surface area contributed by atoms with Gasteiger partial charge >= 0.3 is 0 Å². The van der Waals surface area contributed by atoms with E-state index < -0.39 is 0 Å². The summed E-state index contributed by atoms with van der Waals surface area (Å²) in [5.74, 6) is 0. The molecule has 0 spiro atoms. The van der Waals surface area contributed by atoms with Crippen molar-refractivity contribution < 1.29 is 0 Å². The predicted molar refractivity (Wildman–Crippen MR) is 134 cm³/mol. The van der Waals surface area contributed by atoms with Gasteiger partial charge in [0.1, 0.15) is 5.69 Å². The molecule has 162 valence electrons. The van der Waals surface area contributed by atoms with E-state index in [1.807, 2.05) is 36.5 Å². The number of hydrogen-bond donors (Lipinski definition) is 1. The van der Waals surface area contributed by atoms with Crippen molar-refractivity contribution >= 4 is 50.0 Å². The van der Waals surface area contributed by atoms with Crippen LogP contribution in [0.2, 0.25) is 10.0 Å². The van der Waals surface area contributed by atoms with Crippen LogP contribution >= 0.6 is 39.1 Å². The van der Waals surface area contributed by atoms with Gasteiger partial charge in [-0.05, 0) is 47.9 Å². The van der Waals surface area contributed by atoms with Crippen LogP contribution in [0.25, 0.3) is 22.2 Å². The molecule has 0 amide bonds. The molecule has 0 bridgehead atoms. The number of H-pyrrole nitrogens is 1. The number of alkyl halides is 1. The number of nitrogens with zero attached hydrogens (tertiary/aromatic N) is 4. The van der Waals surface area contributed by atoms with Gasteiger partial charge in [0, 0.05) is 26.3 Å². The second-order valence-electron chi connectivity index (χ2n) is 7.27. The minimum Gasteiger partial charge on any atom is -0.278 e. The Morgan fingerprint density at radius 2 is 1.84 bits per heavy atom. The number of aromatic amines is 1. The molecule has 5 nitrogen and oxygen atoms in total. The van der Waals surface area contributed by atoms with E-state index >= 15 is 0 Å². The van der Waals surface area contributed by atoms with Crippen molar-refractivity contribution in [3.8, 4) is 11.3 Å². The first-order valence-corrected chi connectivity index (χ1v) is 11.8. The van der Waals surface area contributed by atoms with Crippen molar-refractivity contribution in [3.63, 3.8) is 0 Å². The van der Waals surface area contributed by atoms with E-state index in [0.29, 0.717) is 16.6 Å².